The maximum Gasteiger partial charge on any atom is 0.416 e. The molecule has 2 amide bonds. The van der Waals surface area contributed by atoms with Crippen LogP contribution in [0.1, 0.15) is 18.9 Å². The summed E-state index contributed by atoms with van der Waals surface area (Å²) in [5.41, 5.74) is -0.144. The summed E-state index contributed by atoms with van der Waals surface area (Å²) in [5, 5.41) is 2.73. The fourth-order valence-corrected chi connectivity index (χ4v) is 3.03. The number of benzene rings is 2. The van der Waals surface area contributed by atoms with Crippen LogP contribution in [0.3, 0.4) is 0 Å². The lowest BCUT2D eigenvalue weighted by molar-refractivity contribution is -0.137. The van der Waals surface area contributed by atoms with Crippen LogP contribution in [0.5, 0.6) is 5.75 Å². The van der Waals surface area contributed by atoms with Gasteiger partial charge in [0.25, 0.3) is 0 Å². The summed E-state index contributed by atoms with van der Waals surface area (Å²) >= 11 is 0. The average Bonchev–Trinajstić information content (AvgIpc) is 3.05. The quantitative estimate of drug-likeness (QED) is 0.834. The van der Waals surface area contributed by atoms with Crippen molar-refractivity contribution in [3.63, 3.8) is 0 Å². The van der Waals surface area contributed by atoms with Crippen LogP contribution in [0.15, 0.2) is 48.5 Å². The van der Waals surface area contributed by atoms with Gasteiger partial charge in [0.1, 0.15) is 5.75 Å². The van der Waals surface area contributed by atoms with Crippen molar-refractivity contribution in [2.24, 2.45) is 5.92 Å². The molecule has 2 aromatic rings. The second-order valence-corrected chi connectivity index (χ2v) is 6.40. The molecule has 1 aliphatic rings. The van der Waals surface area contributed by atoms with E-state index < -0.39 is 17.7 Å². The molecule has 0 bridgehead atoms. The van der Waals surface area contributed by atoms with Crippen LogP contribution < -0.4 is 15.0 Å². The van der Waals surface area contributed by atoms with Gasteiger partial charge in [-0.2, -0.15) is 13.2 Å². The van der Waals surface area contributed by atoms with Gasteiger partial charge in [-0.3, -0.25) is 9.59 Å². The first-order valence-corrected chi connectivity index (χ1v) is 8.79. The molecular formula is C20H19F3N2O3. The molecule has 148 valence electrons. The van der Waals surface area contributed by atoms with Crippen molar-refractivity contribution >= 4 is 23.2 Å². The van der Waals surface area contributed by atoms with Gasteiger partial charge in [-0.25, -0.2) is 0 Å². The van der Waals surface area contributed by atoms with E-state index in [4.69, 9.17) is 4.74 Å². The molecule has 0 unspecified atom stereocenters. The Bertz CT molecular complexity index is 866. The van der Waals surface area contributed by atoms with E-state index in [0.29, 0.717) is 18.0 Å². The van der Waals surface area contributed by atoms with E-state index in [2.05, 4.69) is 5.32 Å². The summed E-state index contributed by atoms with van der Waals surface area (Å²) in [6.45, 7) is 2.42. The third-order valence-corrected chi connectivity index (χ3v) is 4.41. The number of carbonyl (C=O) groups is 2. The van der Waals surface area contributed by atoms with Crippen molar-refractivity contribution in [1.29, 1.82) is 0 Å². The number of hydrogen-bond donors (Lipinski definition) is 1. The number of ether oxygens (including phenoxy) is 1. The van der Waals surface area contributed by atoms with Gasteiger partial charge in [-0.05, 0) is 49.4 Å². The van der Waals surface area contributed by atoms with Crippen LogP contribution in [0.25, 0.3) is 0 Å². The average molecular weight is 392 g/mol. The van der Waals surface area contributed by atoms with Gasteiger partial charge in [0.2, 0.25) is 11.8 Å². The molecule has 1 fully saturated rings. The third-order valence-electron chi connectivity index (χ3n) is 4.41. The van der Waals surface area contributed by atoms with Crippen LogP contribution in [-0.4, -0.2) is 25.0 Å². The Morgan fingerprint density at radius 3 is 2.57 bits per heavy atom. The molecule has 1 N–H and O–H groups in total. The summed E-state index contributed by atoms with van der Waals surface area (Å²) < 4.78 is 44.0. The lowest BCUT2D eigenvalue weighted by atomic mass is 10.1. The number of halogens is 3. The van der Waals surface area contributed by atoms with Crippen LogP contribution in [-0.2, 0) is 15.8 Å². The van der Waals surface area contributed by atoms with Crippen LogP contribution in [0.2, 0.25) is 0 Å². The van der Waals surface area contributed by atoms with Crippen molar-refractivity contribution in [2.45, 2.75) is 19.5 Å². The van der Waals surface area contributed by atoms with Gasteiger partial charge < -0.3 is 15.0 Å². The minimum Gasteiger partial charge on any atom is -0.494 e. The first-order chi connectivity index (χ1) is 13.3. The highest BCUT2D eigenvalue weighted by atomic mass is 19.4. The van der Waals surface area contributed by atoms with Crippen molar-refractivity contribution in [2.75, 3.05) is 23.4 Å². The van der Waals surface area contributed by atoms with E-state index in [1.54, 1.807) is 24.3 Å². The maximum atomic E-state index is 12.9. The molecule has 2 aromatic carbocycles. The van der Waals surface area contributed by atoms with Gasteiger partial charge in [0.05, 0.1) is 18.1 Å². The van der Waals surface area contributed by atoms with Crippen molar-refractivity contribution in [3.8, 4) is 5.75 Å². The molecule has 3 rings (SSSR count). The molecule has 8 heteroatoms. The van der Waals surface area contributed by atoms with Crippen LogP contribution >= 0.6 is 0 Å². The fraction of sp³-hybridized carbons (Fsp3) is 0.300. The Hall–Kier alpha value is -3.03. The first kappa shape index (κ1) is 19.7. The molecule has 1 saturated heterocycles. The second kappa shape index (κ2) is 7.92. The molecule has 0 aliphatic carbocycles. The minimum absolute atomic E-state index is 0.0308. The zero-order valence-electron chi connectivity index (χ0n) is 15.1. The van der Waals surface area contributed by atoms with E-state index in [9.17, 15) is 22.8 Å². The third kappa shape index (κ3) is 4.44. The predicted octanol–water partition coefficient (Wildman–Crippen LogP) is 4.10. The largest absolute Gasteiger partial charge is 0.494 e. The molecule has 0 saturated carbocycles. The Morgan fingerprint density at radius 2 is 1.93 bits per heavy atom. The zero-order valence-corrected chi connectivity index (χ0v) is 15.1. The Morgan fingerprint density at radius 1 is 1.21 bits per heavy atom. The number of amides is 2. The van der Waals surface area contributed by atoms with Crippen molar-refractivity contribution < 1.29 is 27.5 Å². The molecule has 1 heterocycles. The number of nitrogens with zero attached hydrogens (tertiary/aromatic N) is 1. The SMILES string of the molecule is CCOc1ccc(NC(=O)[C@H]2CC(=O)N(c3cccc(C(F)(F)F)c3)C2)cc1. The molecule has 0 spiro atoms. The number of carbonyl (C=O) groups excluding carboxylic acids is 2. The highest BCUT2D eigenvalue weighted by Crippen LogP contribution is 2.33. The Kier molecular flexibility index (Phi) is 5.58. The number of alkyl halides is 3. The predicted molar refractivity (Wildman–Crippen MR) is 98.1 cm³/mol. The van der Waals surface area contributed by atoms with Gasteiger partial charge in [-0.15, -0.1) is 0 Å². The molecule has 0 radical (unpaired) electrons. The highest BCUT2D eigenvalue weighted by Gasteiger charge is 2.37. The molecule has 0 aromatic heterocycles. The van der Waals surface area contributed by atoms with Crippen LogP contribution in [0.4, 0.5) is 24.5 Å². The van der Waals surface area contributed by atoms with Gasteiger partial charge in [0.15, 0.2) is 0 Å². The van der Waals surface area contributed by atoms with Gasteiger partial charge in [-0.1, -0.05) is 6.07 Å². The van der Waals surface area contributed by atoms with Crippen LogP contribution in [0, 0.1) is 5.92 Å². The molecule has 5 nitrogen and oxygen atoms in total. The highest BCUT2D eigenvalue weighted by molar-refractivity contribution is 6.03. The molecule has 1 aliphatic heterocycles. The molecule has 28 heavy (non-hydrogen) atoms. The Balaban J connectivity index is 1.67. The number of hydrogen-bond acceptors (Lipinski definition) is 3. The van der Waals surface area contributed by atoms with E-state index in [1.165, 1.54) is 17.0 Å². The van der Waals surface area contributed by atoms with E-state index in [-0.39, 0.29) is 30.5 Å². The fourth-order valence-electron chi connectivity index (χ4n) is 3.03. The van der Waals surface area contributed by atoms with E-state index in [1.807, 2.05) is 6.92 Å². The summed E-state index contributed by atoms with van der Waals surface area (Å²) in [6, 6.07) is 11.3. The number of anilines is 2. The minimum atomic E-state index is -4.50. The summed E-state index contributed by atoms with van der Waals surface area (Å²) in [5.74, 6) is -0.709. The smallest absolute Gasteiger partial charge is 0.416 e. The summed E-state index contributed by atoms with van der Waals surface area (Å²) in [7, 11) is 0. The number of nitrogens with one attached hydrogen (secondary N) is 1. The normalized spacial score (nSPS) is 16.9. The Labute approximate surface area is 160 Å². The maximum absolute atomic E-state index is 12.9. The van der Waals surface area contributed by atoms with Crippen molar-refractivity contribution in [1.82, 2.24) is 0 Å². The second-order valence-electron chi connectivity index (χ2n) is 6.40. The standard InChI is InChI=1S/C20H19F3N2O3/c1-2-28-17-8-6-15(7-9-17)24-19(27)13-10-18(26)25(12-13)16-5-3-4-14(11-16)20(21,22)23/h3-9,11,13H,2,10,12H2,1H3,(H,24,27)/t13-/m0/s1. The van der Waals surface area contributed by atoms with E-state index in [0.717, 1.165) is 12.1 Å². The summed E-state index contributed by atoms with van der Waals surface area (Å²) in [4.78, 5) is 26.0. The van der Waals surface area contributed by atoms with E-state index >= 15 is 0 Å². The first-order valence-electron chi connectivity index (χ1n) is 8.79. The summed E-state index contributed by atoms with van der Waals surface area (Å²) in [6.07, 6.45) is -4.55. The monoisotopic (exact) mass is 392 g/mol. The van der Waals surface area contributed by atoms with Gasteiger partial charge in [0, 0.05) is 24.3 Å². The zero-order chi connectivity index (χ0) is 20.3. The van der Waals surface area contributed by atoms with Crippen molar-refractivity contribution in [3.05, 3.63) is 54.1 Å². The lowest BCUT2D eigenvalue weighted by Crippen LogP contribution is -2.28. The molecule has 1 atom stereocenters. The topological polar surface area (TPSA) is 58.6 Å². The number of rotatable bonds is 5. The van der Waals surface area contributed by atoms with Gasteiger partial charge >= 0.3 is 6.18 Å². The lowest BCUT2D eigenvalue weighted by Gasteiger charge is -2.18. The molecular weight excluding hydrogens is 373 g/mol.